The van der Waals surface area contributed by atoms with Crippen LogP contribution in [0.3, 0.4) is 0 Å². The van der Waals surface area contributed by atoms with E-state index in [4.69, 9.17) is 5.73 Å². The van der Waals surface area contributed by atoms with Gasteiger partial charge in [-0.2, -0.15) is 5.10 Å². The second-order valence-electron chi connectivity index (χ2n) is 1.16. The highest BCUT2D eigenvalue weighted by Gasteiger charge is 1.85. The van der Waals surface area contributed by atoms with Gasteiger partial charge in [-0.15, -0.1) is 0 Å². The Hall–Kier alpha value is -0.990. The molecule has 40 valence electrons. The van der Waals surface area contributed by atoms with Crippen molar-refractivity contribution in [3.8, 4) is 0 Å². The van der Waals surface area contributed by atoms with Crippen LogP contribution in [0.2, 0.25) is 0 Å². The van der Waals surface area contributed by atoms with Crippen molar-refractivity contribution in [3.05, 3.63) is 12.4 Å². The molecule has 0 heterocycles. The maximum absolute atomic E-state index is 5.14. The fraction of sp³-hybridized carbons (Fsp3) is 0.250. The van der Waals surface area contributed by atoms with Gasteiger partial charge in [0.25, 0.3) is 0 Å². The smallest absolute Gasteiger partial charge is 0.112 e. The van der Waals surface area contributed by atoms with Gasteiger partial charge in [0, 0.05) is 13.8 Å². The van der Waals surface area contributed by atoms with Crippen LogP contribution in [0.25, 0.3) is 0 Å². The molecule has 0 atom stereocenters. The summed E-state index contributed by atoms with van der Waals surface area (Å²) in [5.41, 5.74) is 5.14. The summed E-state index contributed by atoms with van der Waals surface area (Å²) in [4.78, 5) is 0. The molecule has 0 radical (unpaired) electrons. The summed E-state index contributed by atoms with van der Waals surface area (Å²) in [5.74, 6) is 0.398. The van der Waals surface area contributed by atoms with Gasteiger partial charge in [0.15, 0.2) is 0 Å². The predicted molar refractivity (Wildman–Crippen MR) is 30.6 cm³/mol. The molecule has 0 aliphatic carbocycles. The first kappa shape index (κ1) is 6.01. The summed E-state index contributed by atoms with van der Waals surface area (Å²) in [6.07, 6.45) is 0. The summed E-state index contributed by atoms with van der Waals surface area (Å²) in [5, 5.41) is 4.84. The predicted octanol–water partition coefficient (Wildman–Crippen LogP) is -0.0363. The Labute approximate surface area is 43.1 Å². The molecule has 0 aromatic heterocycles. The van der Waals surface area contributed by atoms with Crippen molar-refractivity contribution in [3.63, 3.8) is 0 Å². The van der Waals surface area contributed by atoms with Gasteiger partial charge in [-0.3, -0.25) is 5.01 Å². The van der Waals surface area contributed by atoms with Crippen LogP contribution in [0.4, 0.5) is 0 Å². The van der Waals surface area contributed by atoms with Crippen LogP contribution in [-0.4, -0.2) is 18.8 Å². The summed E-state index contributed by atoms with van der Waals surface area (Å²) in [6.45, 7) is 6.61. The zero-order valence-corrected chi connectivity index (χ0v) is 4.39. The number of hydrazone groups is 1. The molecule has 0 aromatic rings. The second-order valence-corrected chi connectivity index (χ2v) is 1.16. The molecule has 3 heteroatoms. The standard InChI is InChI=1S/C4H9N3/c1-4(5)7(3)6-2/h1-2,5H2,3H3. The molecule has 0 saturated carbocycles. The summed E-state index contributed by atoms with van der Waals surface area (Å²) >= 11 is 0. The van der Waals surface area contributed by atoms with E-state index in [1.165, 1.54) is 5.01 Å². The number of nitrogens with two attached hydrogens (primary N) is 1. The van der Waals surface area contributed by atoms with E-state index in [0.29, 0.717) is 5.82 Å². The largest absolute Gasteiger partial charge is 0.384 e. The highest BCUT2D eigenvalue weighted by atomic mass is 15.5. The van der Waals surface area contributed by atoms with Crippen molar-refractivity contribution < 1.29 is 0 Å². The lowest BCUT2D eigenvalue weighted by atomic mass is 10.8. The summed E-state index contributed by atoms with van der Waals surface area (Å²) in [7, 11) is 1.68. The zero-order chi connectivity index (χ0) is 5.86. The Morgan fingerprint density at radius 1 is 1.86 bits per heavy atom. The Kier molecular flexibility index (Phi) is 1.91. The Bertz CT molecular complexity index is 86.9. The molecular formula is C4H9N3. The maximum atomic E-state index is 5.14. The van der Waals surface area contributed by atoms with Gasteiger partial charge >= 0.3 is 0 Å². The van der Waals surface area contributed by atoms with E-state index >= 15 is 0 Å². The van der Waals surface area contributed by atoms with Crippen LogP contribution in [-0.2, 0) is 0 Å². The lowest BCUT2D eigenvalue weighted by Gasteiger charge is -2.08. The molecule has 0 fully saturated rings. The first-order chi connectivity index (χ1) is 3.18. The highest BCUT2D eigenvalue weighted by Crippen LogP contribution is 1.84. The first-order valence-electron chi connectivity index (χ1n) is 1.83. The first-order valence-corrected chi connectivity index (χ1v) is 1.83. The summed E-state index contributed by atoms with van der Waals surface area (Å²) < 4.78 is 0. The van der Waals surface area contributed by atoms with Crippen LogP contribution in [0, 0.1) is 0 Å². The number of hydrogen-bond donors (Lipinski definition) is 1. The van der Waals surface area contributed by atoms with E-state index in [2.05, 4.69) is 18.4 Å². The van der Waals surface area contributed by atoms with Gasteiger partial charge in [0.05, 0.1) is 0 Å². The average molecular weight is 99.1 g/mol. The molecule has 7 heavy (non-hydrogen) atoms. The van der Waals surface area contributed by atoms with Gasteiger partial charge < -0.3 is 5.73 Å². The lowest BCUT2D eigenvalue weighted by Crippen LogP contribution is -2.15. The number of hydrogen-bond acceptors (Lipinski definition) is 3. The van der Waals surface area contributed by atoms with E-state index in [1.54, 1.807) is 7.05 Å². The van der Waals surface area contributed by atoms with Crippen LogP contribution in [0.15, 0.2) is 17.5 Å². The second kappa shape index (κ2) is 2.23. The number of rotatable bonds is 2. The molecule has 0 aliphatic heterocycles. The Morgan fingerprint density at radius 3 is 2.29 bits per heavy atom. The molecule has 3 nitrogen and oxygen atoms in total. The Balaban J connectivity index is 3.55. The molecule has 0 bridgehead atoms. The van der Waals surface area contributed by atoms with E-state index < -0.39 is 0 Å². The van der Waals surface area contributed by atoms with Crippen molar-refractivity contribution in [2.45, 2.75) is 0 Å². The van der Waals surface area contributed by atoms with Gasteiger partial charge in [-0.1, -0.05) is 6.58 Å². The minimum Gasteiger partial charge on any atom is -0.384 e. The molecular weight excluding hydrogens is 90.1 g/mol. The van der Waals surface area contributed by atoms with Crippen LogP contribution >= 0.6 is 0 Å². The van der Waals surface area contributed by atoms with Gasteiger partial charge in [-0.25, -0.2) is 0 Å². The number of nitrogens with zero attached hydrogens (tertiary/aromatic N) is 2. The summed E-state index contributed by atoms with van der Waals surface area (Å²) in [6, 6.07) is 0. The van der Waals surface area contributed by atoms with Crippen molar-refractivity contribution >= 4 is 6.72 Å². The highest BCUT2D eigenvalue weighted by molar-refractivity contribution is 5.22. The van der Waals surface area contributed by atoms with Crippen LogP contribution in [0.5, 0.6) is 0 Å². The monoisotopic (exact) mass is 99.1 g/mol. The third-order valence-corrected chi connectivity index (χ3v) is 0.628. The van der Waals surface area contributed by atoms with Crippen LogP contribution in [0.1, 0.15) is 0 Å². The van der Waals surface area contributed by atoms with Crippen molar-refractivity contribution in [1.82, 2.24) is 5.01 Å². The van der Waals surface area contributed by atoms with Gasteiger partial charge in [0.1, 0.15) is 5.82 Å². The third-order valence-electron chi connectivity index (χ3n) is 0.628. The fourth-order valence-electron chi connectivity index (χ4n) is 0.0908. The van der Waals surface area contributed by atoms with E-state index in [9.17, 15) is 0 Å². The minimum absolute atomic E-state index is 0.398. The van der Waals surface area contributed by atoms with Crippen molar-refractivity contribution in [1.29, 1.82) is 0 Å². The molecule has 2 N–H and O–H groups in total. The maximum Gasteiger partial charge on any atom is 0.112 e. The molecule has 0 spiro atoms. The Morgan fingerprint density at radius 2 is 2.29 bits per heavy atom. The molecule has 0 saturated heterocycles. The minimum atomic E-state index is 0.398. The SMILES string of the molecule is C=NN(C)C(=C)N. The molecule has 0 rings (SSSR count). The van der Waals surface area contributed by atoms with Gasteiger partial charge in [-0.05, 0) is 0 Å². The van der Waals surface area contributed by atoms with Crippen LogP contribution < -0.4 is 5.73 Å². The molecule has 0 amide bonds. The van der Waals surface area contributed by atoms with Crippen molar-refractivity contribution in [2.75, 3.05) is 7.05 Å². The van der Waals surface area contributed by atoms with Crippen molar-refractivity contribution in [2.24, 2.45) is 10.8 Å². The molecule has 0 unspecified atom stereocenters. The average Bonchev–Trinajstić information content (AvgIpc) is 1.65. The fourth-order valence-corrected chi connectivity index (χ4v) is 0.0908. The molecule has 0 aromatic carbocycles. The van der Waals surface area contributed by atoms with E-state index in [0.717, 1.165) is 0 Å². The molecule has 0 aliphatic rings. The van der Waals surface area contributed by atoms with E-state index in [1.807, 2.05) is 0 Å². The quantitative estimate of drug-likeness (QED) is 0.390. The topological polar surface area (TPSA) is 41.6 Å². The van der Waals surface area contributed by atoms with E-state index in [-0.39, 0.29) is 0 Å². The van der Waals surface area contributed by atoms with Gasteiger partial charge in [0.2, 0.25) is 0 Å². The lowest BCUT2D eigenvalue weighted by molar-refractivity contribution is 0.447. The zero-order valence-electron chi connectivity index (χ0n) is 4.39. The normalized spacial score (nSPS) is 7.57. The third kappa shape index (κ3) is 1.81.